The highest BCUT2D eigenvalue weighted by molar-refractivity contribution is 7.92. The van der Waals surface area contributed by atoms with E-state index in [-0.39, 0.29) is 17.2 Å². The number of likely N-dealkylation sites (N-methyl/N-ethyl adjacent to an activating group) is 1. The molecule has 4 aromatic rings. The number of carbonyl (C=O) groups excluding carboxylic acids is 1. The molecule has 0 fully saturated rings. The summed E-state index contributed by atoms with van der Waals surface area (Å²) >= 11 is 0. The first kappa shape index (κ1) is 24.4. The molecule has 0 aliphatic carbocycles. The van der Waals surface area contributed by atoms with Gasteiger partial charge in [0, 0.05) is 30.4 Å². The third-order valence-corrected chi connectivity index (χ3v) is 7.68. The molecule has 0 unspecified atom stereocenters. The van der Waals surface area contributed by atoms with Crippen molar-refractivity contribution in [2.75, 3.05) is 30.9 Å². The summed E-state index contributed by atoms with van der Waals surface area (Å²) in [6, 6.07) is 15.1. The molecule has 1 N–H and O–H groups in total. The lowest BCUT2D eigenvalue weighted by atomic mass is 10.1. The van der Waals surface area contributed by atoms with Crippen LogP contribution < -0.4 is 23.8 Å². The molecule has 190 valence electrons. The number of methoxy groups -OCH3 is 2. The number of hydrogen-bond donors (Lipinski definition) is 1. The van der Waals surface area contributed by atoms with E-state index in [1.807, 2.05) is 0 Å². The van der Waals surface area contributed by atoms with E-state index in [2.05, 4.69) is 9.71 Å². The molecule has 3 aromatic carbocycles. The van der Waals surface area contributed by atoms with Crippen LogP contribution in [0.15, 0.2) is 65.7 Å². The number of aromatic nitrogens is 1. The van der Waals surface area contributed by atoms with Crippen molar-refractivity contribution in [1.29, 1.82) is 0 Å². The summed E-state index contributed by atoms with van der Waals surface area (Å²) in [6.45, 7) is 1.79. The van der Waals surface area contributed by atoms with Crippen LogP contribution >= 0.6 is 0 Å². The van der Waals surface area contributed by atoms with Crippen LogP contribution in [0.2, 0.25) is 0 Å². The molecule has 1 aliphatic rings. The molecule has 0 bridgehead atoms. The van der Waals surface area contributed by atoms with Crippen LogP contribution in [0.5, 0.6) is 23.0 Å². The Labute approximate surface area is 214 Å². The zero-order valence-corrected chi connectivity index (χ0v) is 21.5. The first-order valence-corrected chi connectivity index (χ1v) is 12.9. The number of rotatable bonds is 7. The Morgan fingerprint density at radius 3 is 2.43 bits per heavy atom. The largest absolute Gasteiger partial charge is 0.493 e. The van der Waals surface area contributed by atoms with Gasteiger partial charge in [0.15, 0.2) is 11.5 Å². The highest BCUT2D eigenvalue weighted by atomic mass is 32.2. The minimum absolute atomic E-state index is 0.0662. The summed E-state index contributed by atoms with van der Waals surface area (Å²) < 4.78 is 45.7. The molecule has 2 heterocycles. The van der Waals surface area contributed by atoms with Gasteiger partial charge in [0.05, 0.1) is 36.7 Å². The first-order valence-electron chi connectivity index (χ1n) is 11.4. The number of anilines is 2. The quantitative estimate of drug-likeness (QED) is 0.378. The minimum atomic E-state index is -3.86. The molecule has 1 aliphatic heterocycles. The number of ether oxygens (including phenoxy) is 3. The lowest BCUT2D eigenvalue weighted by molar-refractivity contribution is -0.117. The number of nitrogens with zero attached hydrogens (tertiary/aromatic N) is 2. The lowest BCUT2D eigenvalue weighted by Gasteiger charge is -2.15. The van der Waals surface area contributed by atoms with E-state index < -0.39 is 10.0 Å². The number of amides is 1. The van der Waals surface area contributed by atoms with Crippen molar-refractivity contribution in [3.05, 3.63) is 71.9 Å². The van der Waals surface area contributed by atoms with Gasteiger partial charge in [-0.15, -0.1) is 0 Å². The number of carbonyl (C=O) groups is 1. The Kier molecular flexibility index (Phi) is 6.12. The number of pyridine rings is 1. The average molecular weight is 520 g/mol. The summed E-state index contributed by atoms with van der Waals surface area (Å²) in [5.41, 5.74) is 3.19. The summed E-state index contributed by atoms with van der Waals surface area (Å²) in [6.07, 6.45) is 1.82. The molecule has 0 saturated heterocycles. The second-order valence-corrected chi connectivity index (χ2v) is 10.3. The van der Waals surface area contributed by atoms with Crippen LogP contribution in [0.3, 0.4) is 0 Å². The van der Waals surface area contributed by atoms with Gasteiger partial charge in [-0.3, -0.25) is 14.5 Å². The molecular weight excluding hydrogens is 494 g/mol. The van der Waals surface area contributed by atoms with Crippen molar-refractivity contribution in [2.45, 2.75) is 18.2 Å². The van der Waals surface area contributed by atoms with Crippen molar-refractivity contribution >= 4 is 38.2 Å². The van der Waals surface area contributed by atoms with Gasteiger partial charge in [0.2, 0.25) is 5.91 Å². The Hall–Kier alpha value is -4.31. The predicted octanol–water partition coefficient (Wildman–Crippen LogP) is 4.67. The smallest absolute Gasteiger partial charge is 0.261 e. The van der Waals surface area contributed by atoms with Gasteiger partial charge in [0.1, 0.15) is 11.5 Å². The molecule has 1 aromatic heterocycles. The highest BCUT2D eigenvalue weighted by Gasteiger charge is 2.26. The fourth-order valence-electron chi connectivity index (χ4n) is 4.29. The van der Waals surface area contributed by atoms with E-state index in [1.54, 1.807) is 82.9 Å². The Balaban J connectivity index is 1.40. The van der Waals surface area contributed by atoms with Crippen molar-refractivity contribution in [1.82, 2.24) is 4.98 Å². The topological polar surface area (TPSA) is 107 Å². The summed E-state index contributed by atoms with van der Waals surface area (Å²) in [5, 5.41) is 0.739. The molecule has 1 amide bonds. The van der Waals surface area contributed by atoms with Gasteiger partial charge in [-0.1, -0.05) is 0 Å². The number of benzene rings is 3. The van der Waals surface area contributed by atoms with Crippen LogP contribution in [0.1, 0.15) is 11.1 Å². The second kappa shape index (κ2) is 9.29. The SMILES string of the molecule is COc1cc2nccc(Oc3ccc(NS(=O)(=O)c4ccc5c(c4)CC(=O)N5C)c(C)c3)c2cc1OC. The predicted molar refractivity (Wildman–Crippen MR) is 140 cm³/mol. The van der Waals surface area contributed by atoms with Crippen LogP contribution in [0.25, 0.3) is 10.9 Å². The fourth-order valence-corrected chi connectivity index (χ4v) is 5.48. The molecule has 10 heteroatoms. The van der Waals surface area contributed by atoms with Crippen molar-refractivity contribution in [3.8, 4) is 23.0 Å². The minimum Gasteiger partial charge on any atom is -0.493 e. The van der Waals surface area contributed by atoms with Crippen LogP contribution in [0.4, 0.5) is 11.4 Å². The summed E-state index contributed by atoms with van der Waals surface area (Å²) in [4.78, 5) is 18.0. The highest BCUT2D eigenvalue weighted by Crippen LogP contribution is 2.37. The van der Waals surface area contributed by atoms with E-state index in [4.69, 9.17) is 14.2 Å². The standard InChI is InChI=1S/C27H25N3O6S/c1-16-11-18(36-24-9-10-28-22-15-26(35-4)25(34-3)14-20(22)24)5-7-21(16)29-37(32,33)19-6-8-23-17(12-19)13-27(31)30(23)2/h5-12,14-15,29H,13H2,1-4H3. The maximum Gasteiger partial charge on any atom is 0.261 e. The van der Waals surface area contributed by atoms with E-state index in [0.29, 0.717) is 45.3 Å². The Morgan fingerprint density at radius 2 is 1.70 bits per heavy atom. The van der Waals surface area contributed by atoms with Gasteiger partial charge >= 0.3 is 0 Å². The van der Waals surface area contributed by atoms with Crippen molar-refractivity contribution in [2.24, 2.45) is 0 Å². The second-order valence-electron chi connectivity index (χ2n) is 8.64. The average Bonchev–Trinajstić information content (AvgIpc) is 3.17. The van der Waals surface area contributed by atoms with Crippen LogP contribution in [-0.2, 0) is 21.2 Å². The van der Waals surface area contributed by atoms with E-state index in [1.165, 1.54) is 11.0 Å². The van der Waals surface area contributed by atoms with Crippen molar-refractivity contribution in [3.63, 3.8) is 0 Å². The molecule has 0 spiro atoms. The molecule has 37 heavy (non-hydrogen) atoms. The van der Waals surface area contributed by atoms with E-state index >= 15 is 0 Å². The summed E-state index contributed by atoms with van der Waals surface area (Å²) in [5.74, 6) is 2.15. The number of aryl methyl sites for hydroxylation is 1. The van der Waals surface area contributed by atoms with E-state index in [9.17, 15) is 13.2 Å². The van der Waals surface area contributed by atoms with Gasteiger partial charge in [-0.2, -0.15) is 0 Å². The fraction of sp³-hybridized carbons (Fsp3) is 0.185. The zero-order chi connectivity index (χ0) is 26.3. The molecule has 9 nitrogen and oxygen atoms in total. The lowest BCUT2D eigenvalue weighted by Crippen LogP contribution is -2.20. The van der Waals surface area contributed by atoms with Crippen LogP contribution in [0, 0.1) is 6.92 Å². The Morgan fingerprint density at radius 1 is 0.946 bits per heavy atom. The number of sulfonamides is 1. The zero-order valence-electron chi connectivity index (χ0n) is 20.7. The normalized spacial score (nSPS) is 13.0. The molecule has 0 atom stereocenters. The van der Waals surface area contributed by atoms with Gasteiger partial charge in [-0.25, -0.2) is 8.42 Å². The van der Waals surface area contributed by atoms with Gasteiger partial charge in [0.25, 0.3) is 10.0 Å². The maximum absolute atomic E-state index is 13.1. The first-order chi connectivity index (χ1) is 17.7. The monoisotopic (exact) mass is 519 g/mol. The van der Waals surface area contributed by atoms with Gasteiger partial charge in [-0.05, 0) is 66.6 Å². The van der Waals surface area contributed by atoms with Gasteiger partial charge < -0.3 is 19.1 Å². The van der Waals surface area contributed by atoms with Crippen molar-refractivity contribution < 1.29 is 27.4 Å². The number of hydrogen-bond acceptors (Lipinski definition) is 7. The molecule has 0 radical (unpaired) electrons. The molecular formula is C27H25N3O6S. The maximum atomic E-state index is 13.1. The van der Waals surface area contributed by atoms with E-state index in [0.717, 1.165) is 11.1 Å². The molecule has 5 rings (SSSR count). The Bertz CT molecular complexity index is 1650. The molecule has 0 saturated carbocycles. The number of fused-ring (bicyclic) bond motifs is 2. The summed E-state index contributed by atoms with van der Waals surface area (Å²) in [7, 11) is 0.936. The number of nitrogens with one attached hydrogen (secondary N) is 1. The van der Waals surface area contributed by atoms with Crippen LogP contribution in [-0.4, -0.2) is 40.6 Å². The third kappa shape index (κ3) is 4.51. The third-order valence-electron chi connectivity index (χ3n) is 6.32.